The van der Waals surface area contributed by atoms with Crippen molar-refractivity contribution < 1.29 is 28.4 Å². The molecule has 1 amide bonds. The van der Waals surface area contributed by atoms with Gasteiger partial charge in [-0.15, -0.1) is 12.1 Å². The number of hydrogen-bond donors (Lipinski definition) is 0. The number of ether oxygens (including phenoxy) is 1. The van der Waals surface area contributed by atoms with Gasteiger partial charge in [0.2, 0.25) is 0 Å². The Morgan fingerprint density at radius 2 is 1.68 bits per heavy atom. The number of benzene rings is 2. The summed E-state index contributed by atoms with van der Waals surface area (Å²) in [6.45, 7) is 7.89. The van der Waals surface area contributed by atoms with E-state index in [1.54, 1.807) is 4.90 Å². The van der Waals surface area contributed by atoms with Gasteiger partial charge < -0.3 is 9.64 Å². The number of rotatable bonds is 5. The SMILES string of the molecule is CC(C)(C)OC(=O)N([CH-]c1ccccc1)CCc1ccccc1Cl.[Li+]. The zero-order valence-electron chi connectivity index (χ0n) is 15.3. The topological polar surface area (TPSA) is 29.5 Å². The van der Waals surface area contributed by atoms with Crippen LogP contribution in [0.15, 0.2) is 54.6 Å². The van der Waals surface area contributed by atoms with Crippen LogP contribution in [0.2, 0.25) is 5.02 Å². The van der Waals surface area contributed by atoms with Crippen LogP contribution in [-0.2, 0) is 11.2 Å². The molecule has 128 valence electrons. The van der Waals surface area contributed by atoms with Gasteiger partial charge >= 0.3 is 25.0 Å². The van der Waals surface area contributed by atoms with Gasteiger partial charge in [0.25, 0.3) is 0 Å². The Morgan fingerprint density at radius 3 is 2.28 bits per heavy atom. The summed E-state index contributed by atoms with van der Waals surface area (Å²) in [4.78, 5) is 14.1. The third-order valence-electron chi connectivity index (χ3n) is 3.31. The smallest absolute Gasteiger partial charge is 0.444 e. The number of halogens is 1. The van der Waals surface area contributed by atoms with Crippen molar-refractivity contribution in [3.63, 3.8) is 0 Å². The molecule has 0 saturated carbocycles. The molecule has 0 N–H and O–H groups in total. The molecule has 0 aromatic heterocycles. The molecule has 0 atom stereocenters. The van der Waals surface area contributed by atoms with Gasteiger partial charge in [-0.05, 0) is 38.8 Å². The summed E-state index contributed by atoms with van der Waals surface area (Å²) >= 11 is 6.21. The average Bonchev–Trinajstić information content (AvgIpc) is 2.52. The first kappa shape index (κ1) is 21.5. The molecule has 0 radical (unpaired) electrons. The van der Waals surface area contributed by atoms with E-state index >= 15 is 0 Å². The fourth-order valence-corrected chi connectivity index (χ4v) is 2.42. The minimum absolute atomic E-state index is 0. The van der Waals surface area contributed by atoms with Gasteiger partial charge in [0.1, 0.15) is 5.60 Å². The summed E-state index contributed by atoms with van der Waals surface area (Å²) in [5, 5.41) is 0.710. The second-order valence-corrected chi connectivity index (χ2v) is 6.96. The largest absolute Gasteiger partial charge is 1.00 e. The normalized spacial score (nSPS) is 10.6. The van der Waals surface area contributed by atoms with E-state index in [2.05, 4.69) is 0 Å². The van der Waals surface area contributed by atoms with Crippen molar-refractivity contribution in [1.29, 1.82) is 0 Å². The molecular weight excluding hydrogens is 329 g/mol. The third kappa shape index (κ3) is 7.48. The summed E-state index contributed by atoms with van der Waals surface area (Å²) < 4.78 is 5.51. The zero-order valence-corrected chi connectivity index (χ0v) is 16.1. The van der Waals surface area contributed by atoms with Gasteiger partial charge in [-0.2, -0.15) is 17.7 Å². The molecule has 0 spiro atoms. The molecule has 0 heterocycles. The molecule has 25 heavy (non-hydrogen) atoms. The van der Waals surface area contributed by atoms with Crippen molar-refractivity contribution >= 4 is 17.7 Å². The Morgan fingerprint density at radius 1 is 1.08 bits per heavy atom. The molecule has 0 saturated heterocycles. The molecule has 0 aliphatic carbocycles. The number of hydrogen-bond acceptors (Lipinski definition) is 2. The molecular formula is C20H23ClLiNO2. The van der Waals surface area contributed by atoms with E-state index in [-0.39, 0.29) is 25.0 Å². The molecule has 2 aromatic carbocycles. The van der Waals surface area contributed by atoms with Crippen LogP contribution in [0.25, 0.3) is 0 Å². The molecule has 2 aromatic rings. The molecule has 0 aliphatic heterocycles. The molecule has 0 fully saturated rings. The van der Waals surface area contributed by atoms with Gasteiger partial charge in [0, 0.05) is 11.6 Å². The minimum Gasteiger partial charge on any atom is -0.444 e. The molecule has 3 nitrogen and oxygen atoms in total. The zero-order chi connectivity index (χ0) is 17.6. The maximum atomic E-state index is 12.5. The van der Waals surface area contributed by atoms with Crippen LogP contribution in [-0.4, -0.2) is 23.1 Å². The molecule has 0 unspecified atom stereocenters. The van der Waals surface area contributed by atoms with Crippen LogP contribution in [0, 0.1) is 6.54 Å². The average molecular weight is 352 g/mol. The Hall–Kier alpha value is -1.53. The molecule has 2 rings (SSSR count). The molecule has 5 heteroatoms. The standard InChI is InChI=1S/C20H23ClNO2.Li/c1-20(2,3)24-19(23)22(15-16-9-5-4-6-10-16)14-13-17-11-7-8-12-18(17)21;/h4-12,15H,13-14H2,1-3H3;/q-1;+1. The van der Waals surface area contributed by atoms with E-state index in [0.717, 1.165) is 11.1 Å². The number of carbonyl (C=O) groups is 1. The fourth-order valence-electron chi connectivity index (χ4n) is 2.19. The Labute approximate surface area is 167 Å². The second-order valence-electron chi connectivity index (χ2n) is 6.55. The monoisotopic (exact) mass is 351 g/mol. The van der Waals surface area contributed by atoms with Crippen molar-refractivity contribution in [2.75, 3.05) is 6.54 Å². The van der Waals surface area contributed by atoms with E-state index in [4.69, 9.17) is 16.3 Å². The third-order valence-corrected chi connectivity index (χ3v) is 3.68. The van der Waals surface area contributed by atoms with Crippen LogP contribution in [0.3, 0.4) is 0 Å². The van der Waals surface area contributed by atoms with Crippen molar-refractivity contribution in [1.82, 2.24) is 4.90 Å². The first-order chi connectivity index (χ1) is 11.3. The predicted molar refractivity (Wildman–Crippen MR) is 97.9 cm³/mol. The van der Waals surface area contributed by atoms with E-state index in [1.165, 1.54) is 0 Å². The molecule has 0 aliphatic rings. The van der Waals surface area contributed by atoms with E-state index in [9.17, 15) is 4.79 Å². The van der Waals surface area contributed by atoms with E-state index in [0.29, 0.717) is 18.0 Å². The van der Waals surface area contributed by atoms with Crippen LogP contribution >= 0.6 is 11.6 Å². The van der Waals surface area contributed by atoms with Crippen LogP contribution in [0.1, 0.15) is 31.9 Å². The Balaban J connectivity index is 0.00000312. The van der Waals surface area contributed by atoms with Gasteiger partial charge in [-0.25, -0.2) is 4.79 Å². The summed E-state index contributed by atoms with van der Waals surface area (Å²) in [6.07, 6.45) is 0.292. The van der Waals surface area contributed by atoms with Crippen LogP contribution in [0.5, 0.6) is 0 Å². The first-order valence-electron chi connectivity index (χ1n) is 7.98. The molecule has 0 bridgehead atoms. The second kappa shape index (κ2) is 9.82. The quantitative estimate of drug-likeness (QED) is 0.611. The van der Waals surface area contributed by atoms with Crippen molar-refractivity contribution in [2.45, 2.75) is 32.8 Å². The van der Waals surface area contributed by atoms with Gasteiger partial charge in [-0.1, -0.05) is 42.4 Å². The van der Waals surface area contributed by atoms with Crippen molar-refractivity contribution in [3.05, 3.63) is 77.3 Å². The maximum absolute atomic E-state index is 12.5. The number of nitrogens with zero attached hydrogens (tertiary/aromatic N) is 1. The first-order valence-corrected chi connectivity index (χ1v) is 8.36. The Kier molecular flexibility index (Phi) is 8.45. The fraction of sp³-hybridized carbons (Fsp3) is 0.300. The Bertz CT molecular complexity index is 671. The van der Waals surface area contributed by atoms with Crippen LogP contribution < -0.4 is 18.9 Å². The maximum Gasteiger partial charge on any atom is 1.00 e. The summed E-state index contributed by atoms with van der Waals surface area (Å²) in [5.41, 5.74) is 1.42. The summed E-state index contributed by atoms with van der Waals surface area (Å²) in [7, 11) is 0. The van der Waals surface area contributed by atoms with Crippen molar-refractivity contribution in [2.24, 2.45) is 0 Å². The van der Waals surface area contributed by atoms with Crippen molar-refractivity contribution in [3.8, 4) is 0 Å². The van der Waals surface area contributed by atoms with Crippen LogP contribution in [0.4, 0.5) is 4.79 Å². The minimum atomic E-state index is -0.537. The number of carbonyl (C=O) groups excluding carboxylic acids is 1. The van der Waals surface area contributed by atoms with E-state index < -0.39 is 5.60 Å². The summed E-state index contributed by atoms with van der Waals surface area (Å²) in [6, 6.07) is 17.4. The van der Waals surface area contributed by atoms with Gasteiger partial charge in [-0.3, -0.25) is 0 Å². The predicted octanol–water partition coefficient (Wildman–Crippen LogP) is 2.33. The number of amides is 1. The van der Waals surface area contributed by atoms with E-state index in [1.807, 2.05) is 81.9 Å². The van der Waals surface area contributed by atoms with Gasteiger partial charge in [0.05, 0.1) is 0 Å². The summed E-state index contributed by atoms with van der Waals surface area (Å²) in [5.74, 6) is 0. The van der Waals surface area contributed by atoms with Gasteiger partial charge in [0.15, 0.2) is 0 Å².